The quantitative estimate of drug-likeness (QED) is 0.227. The summed E-state index contributed by atoms with van der Waals surface area (Å²) in [7, 11) is 0. The number of carbonyl (C=O) groups excluding carboxylic acids is 1. The Morgan fingerprint density at radius 1 is 1.26 bits per heavy atom. The summed E-state index contributed by atoms with van der Waals surface area (Å²) >= 11 is 9.00. The molecule has 0 bridgehead atoms. The number of thioether (sulfide) groups is 1. The van der Waals surface area contributed by atoms with Gasteiger partial charge in [-0.15, -0.1) is 11.3 Å². The highest BCUT2D eigenvalue weighted by molar-refractivity contribution is 7.99. The fraction of sp³-hybridized carbons (Fsp3) is 0.296. The normalized spacial score (nSPS) is 15.2. The topological polar surface area (TPSA) is 64.0 Å². The number of aryl methyl sites for hydroxylation is 2. The van der Waals surface area contributed by atoms with E-state index in [1.165, 1.54) is 22.2 Å². The van der Waals surface area contributed by atoms with Crippen LogP contribution in [0.15, 0.2) is 58.5 Å². The van der Waals surface area contributed by atoms with Crippen molar-refractivity contribution in [2.75, 3.05) is 11.1 Å². The Bertz CT molecular complexity index is 1460. The molecule has 0 aliphatic heterocycles. The average molecular weight is 524 g/mol. The van der Waals surface area contributed by atoms with Gasteiger partial charge in [0.05, 0.1) is 16.8 Å². The minimum atomic E-state index is -0.175. The average Bonchev–Trinajstić information content (AvgIpc) is 3.23. The fourth-order valence-electron chi connectivity index (χ4n) is 4.57. The van der Waals surface area contributed by atoms with Crippen LogP contribution in [0.1, 0.15) is 35.8 Å². The maximum absolute atomic E-state index is 13.9. The fourth-order valence-corrected chi connectivity index (χ4v) is 6.93. The van der Waals surface area contributed by atoms with E-state index in [0.717, 1.165) is 47.2 Å². The number of hydrogen-bond donors (Lipinski definition) is 1. The van der Waals surface area contributed by atoms with Gasteiger partial charge in [0, 0.05) is 15.6 Å². The van der Waals surface area contributed by atoms with Crippen LogP contribution >= 0.6 is 34.7 Å². The van der Waals surface area contributed by atoms with Crippen LogP contribution in [0.5, 0.6) is 0 Å². The van der Waals surface area contributed by atoms with E-state index in [1.54, 1.807) is 28.0 Å². The molecule has 0 spiro atoms. The highest BCUT2D eigenvalue weighted by Crippen LogP contribution is 2.38. The van der Waals surface area contributed by atoms with Crippen molar-refractivity contribution < 1.29 is 4.79 Å². The lowest BCUT2D eigenvalue weighted by molar-refractivity contribution is -0.113. The first kappa shape index (κ1) is 24.1. The van der Waals surface area contributed by atoms with E-state index in [0.29, 0.717) is 21.8 Å². The van der Waals surface area contributed by atoms with Gasteiger partial charge in [0.2, 0.25) is 5.91 Å². The van der Waals surface area contributed by atoms with E-state index in [9.17, 15) is 9.59 Å². The van der Waals surface area contributed by atoms with E-state index in [-0.39, 0.29) is 17.2 Å². The highest BCUT2D eigenvalue weighted by atomic mass is 35.5. The number of anilines is 1. The summed E-state index contributed by atoms with van der Waals surface area (Å²) in [5, 5.41) is 4.76. The molecule has 1 aliphatic rings. The number of nitrogens with one attached hydrogen (secondary N) is 1. The minimum absolute atomic E-state index is 0.0535. The zero-order valence-electron chi connectivity index (χ0n) is 19.6. The third-order valence-electron chi connectivity index (χ3n) is 6.55. The van der Waals surface area contributed by atoms with E-state index in [4.69, 9.17) is 16.6 Å². The Kier molecular flexibility index (Phi) is 7.00. The second-order valence-electron chi connectivity index (χ2n) is 8.87. The molecule has 0 fully saturated rings. The summed E-state index contributed by atoms with van der Waals surface area (Å²) in [5.41, 5.74) is 3.49. The predicted octanol–water partition coefficient (Wildman–Crippen LogP) is 6.65. The van der Waals surface area contributed by atoms with E-state index in [2.05, 4.69) is 12.2 Å². The van der Waals surface area contributed by atoms with Crippen LogP contribution in [-0.2, 0) is 17.6 Å². The molecule has 2 heterocycles. The molecule has 4 aromatic rings. The largest absolute Gasteiger partial charge is 0.325 e. The number of rotatable bonds is 6. The zero-order chi connectivity index (χ0) is 24.5. The maximum Gasteiger partial charge on any atom is 0.267 e. The van der Waals surface area contributed by atoms with Gasteiger partial charge >= 0.3 is 0 Å². The standard InChI is InChI=1S/C27H26ClN3O2S2/c1-3-17-10-12-20-22(13-17)35-25-24(20)26(33)31(19-7-5-4-6-8-19)27(30-25)34-15-23(32)29-21-14-18(28)11-9-16(21)2/h4-9,11,14,17H,3,10,12-13,15H2,1-2H3,(H,29,32)/t17-/m0/s1. The van der Waals surface area contributed by atoms with Crippen molar-refractivity contribution in [1.29, 1.82) is 0 Å². The molecular formula is C27H26ClN3O2S2. The number of carbonyl (C=O) groups is 1. The summed E-state index contributed by atoms with van der Waals surface area (Å²) < 4.78 is 1.66. The van der Waals surface area contributed by atoms with Crippen molar-refractivity contribution in [3.05, 3.63) is 79.9 Å². The predicted molar refractivity (Wildman–Crippen MR) is 147 cm³/mol. The van der Waals surface area contributed by atoms with Crippen molar-refractivity contribution in [3.8, 4) is 5.69 Å². The molecule has 5 rings (SSSR count). The second kappa shape index (κ2) is 10.2. The zero-order valence-corrected chi connectivity index (χ0v) is 22.0. The van der Waals surface area contributed by atoms with Gasteiger partial charge in [-0.2, -0.15) is 0 Å². The molecule has 2 aromatic carbocycles. The number of benzene rings is 2. The van der Waals surface area contributed by atoms with Gasteiger partial charge in [0.15, 0.2) is 5.16 Å². The number of hydrogen-bond acceptors (Lipinski definition) is 5. The second-order valence-corrected chi connectivity index (χ2v) is 11.3. The first-order valence-corrected chi connectivity index (χ1v) is 13.9. The first-order chi connectivity index (χ1) is 16.9. The number of aromatic nitrogens is 2. The third kappa shape index (κ3) is 4.90. The lowest BCUT2D eigenvalue weighted by Crippen LogP contribution is -2.23. The number of thiophene rings is 1. The number of halogens is 1. The third-order valence-corrected chi connectivity index (χ3v) is 8.87. The Hall–Kier alpha value is -2.61. The van der Waals surface area contributed by atoms with Crippen LogP contribution < -0.4 is 10.9 Å². The van der Waals surface area contributed by atoms with Gasteiger partial charge < -0.3 is 5.32 Å². The van der Waals surface area contributed by atoms with Crippen molar-refractivity contribution in [2.45, 2.75) is 44.7 Å². The van der Waals surface area contributed by atoms with Gasteiger partial charge in [-0.25, -0.2) is 4.98 Å². The number of amides is 1. The molecule has 0 radical (unpaired) electrons. The lowest BCUT2D eigenvalue weighted by Gasteiger charge is -2.20. The summed E-state index contributed by atoms with van der Waals surface area (Å²) in [6.07, 6.45) is 4.20. The number of para-hydroxylation sites is 1. The van der Waals surface area contributed by atoms with Crippen molar-refractivity contribution >= 4 is 56.5 Å². The molecule has 1 amide bonds. The Labute approximate surface area is 217 Å². The van der Waals surface area contributed by atoms with Crippen LogP contribution in [0.2, 0.25) is 5.02 Å². The van der Waals surface area contributed by atoms with E-state index < -0.39 is 0 Å². The Morgan fingerprint density at radius 2 is 2.06 bits per heavy atom. The van der Waals surface area contributed by atoms with Crippen molar-refractivity contribution in [1.82, 2.24) is 9.55 Å². The molecule has 0 saturated carbocycles. The Morgan fingerprint density at radius 3 is 2.83 bits per heavy atom. The first-order valence-electron chi connectivity index (χ1n) is 11.8. The lowest BCUT2D eigenvalue weighted by atomic mass is 9.86. The van der Waals surface area contributed by atoms with Crippen LogP contribution in [0.3, 0.4) is 0 Å². The summed E-state index contributed by atoms with van der Waals surface area (Å²) in [5.74, 6) is 0.615. The van der Waals surface area contributed by atoms with Crippen LogP contribution in [0.25, 0.3) is 15.9 Å². The van der Waals surface area contributed by atoms with Gasteiger partial charge in [0.25, 0.3) is 5.56 Å². The molecule has 180 valence electrons. The molecule has 1 N–H and O–H groups in total. The van der Waals surface area contributed by atoms with E-state index in [1.807, 2.05) is 43.3 Å². The summed E-state index contributed by atoms with van der Waals surface area (Å²) in [4.78, 5) is 33.6. The van der Waals surface area contributed by atoms with Gasteiger partial charge in [-0.3, -0.25) is 14.2 Å². The minimum Gasteiger partial charge on any atom is -0.325 e. The van der Waals surface area contributed by atoms with Crippen LogP contribution in [0.4, 0.5) is 5.69 Å². The summed E-state index contributed by atoms with van der Waals surface area (Å²) in [6.45, 7) is 4.15. The molecule has 0 saturated heterocycles. The van der Waals surface area contributed by atoms with Gasteiger partial charge in [-0.1, -0.05) is 61.0 Å². The molecule has 35 heavy (non-hydrogen) atoms. The molecule has 1 atom stereocenters. The number of nitrogens with zero attached hydrogens (tertiary/aromatic N) is 2. The SMILES string of the molecule is CC[C@H]1CCc2c(sc3nc(SCC(=O)Nc4cc(Cl)ccc4C)n(-c4ccccc4)c(=O)c23)C1. The molecule has 0 unspecified atom stereocenters. The molecular weight excluding hydrogens is 498 g/mol. The van der Waals surface area contributed by atoms with Crippen molar-refractivity contribution in [3.63, 3.8) is 0 Å². The van der Waals surface area contributed by atoms with Gasteiger partial charge in [0.1, 0.15) is 4.83 Å². The highest BCUT2D eigenvalue weighted by Gasteiger charge is 2.26. The number of fused-ring (bicyclic) bond motifs is 3. The van der Waals surface area contributed by atoms with Crippen LogP contribution in [-0.4, -0.2) is 21.2 Å². The molecule has 2 aromatic heterocycles. The Balaban J connectivity index is 1.51. The van der Waals surface area contributed by atoms with E-state index >= 15 is 0 Å². The monoisotopic (exact) mass is 523 g/mol. The van der Waals surface area contributed by atoms with Crippen molar-refractivity contribution in [2.24, 2.45) is 5.92 Å². The molecule has 8 heteroatoms. The smallest absolute Gasteiger partial charge is 0.267 e. The van der Waals surface area contributed by atoms with Gasteiger partial charge in [-0.05, 0) is 67.5 Å². The summed E-state index contributed by atoms with van der Waals surface area (Å²) in [6, 6.07) is 14.9. The maximum atomic E-state index is 13.9. The molecule has 1 aliphatic carbocycles. The van der Waals surface area contributed by atoms with Crippen LogP contribution in [0, 0.1) is 12.8 Å². The molecule has 5 nitrogen and oxygen atoms in total.